The van der Waals surface area contributed by atoms with E-state index in [1.165, 1.54) is 12.1 Å². The summed E-state index contributed by atoms with van der Waals surface area (Å²) in [6.07, 6.45) is 1.08. The minimum absolute atomic E-state index is 0.250. The summed E-state index contributed by atoms with van der Waals surface area (Å²) in [7, 11) is 0. The Hall–Kier alpha value is -1.52. The minimum Gasteiger partial charge on any atom is -0.395 e. The van der Waals surface area contributed by atoms with E-state index in [1.807, 2.05) is 0 Å². The number of halogens is 3. The lowest BCUT2D eigenvalue weighted by atomic mass is 10.1. The highest BCUT2D eigenvalue weighted by molar-refractivity contribution is 5.79. The Morgan fingerprint density at radius 1 is 1.28 bits per heavy atom. The van der Waals surface area contributed by atoms with E-state index in [-0.39, 0.29) is 5.56 Å². The molecule has 0 aromatic heterocycles. The molecule has 0 unspecified atom stereocenters. The Bertz CT molecular complexity index is 388. The Balaban J connectivity index is 2.49. The molecule has 18 heavy (non-hydrogen) atoms. The van der Waals surface area contributed by atoms with E-state index in [2.05, 4.69) is 18.3 Å². The van der Waals surface area contributed by atoms with Crippen LogP contribution in [0.2, 0.25) is 0 Å². The smallest absolute Gasteiger partial charge is 0.395 e. The highest BCUT2D eigenvalue weighted by atomic mass is 19.4. The molecule has 2 nitrogen and oxygen atoms in total. The average molecular weight is 258 g/mol. The van der Waals surface area contributed by atoms with Gasteiger partial charge in [-0.2, -0.15) is 13.2 Å². The van der Waals surface area contributed by atoms with Gasteiger partial charge in [-0.05, 0) is 18.6 Å². The number of nitrogens with zero attached hydrogens (tertiary/aromatic N) is 1. The minimum atomic E-state index is -4.35. The number of unbranched alkanes of at least 4 members (excludes halogenated alkanes) is 2. The second-order valence-electron chi connectivity index (χ2n) is 3.82. The third-order valence-corrected chi connectivity index (χ3v) is 2.27. The second-order valence-corrected chi connectivity index (χ2v) is 3.82. The lowest BCUT2D eigenvalue weighted by Gasteiger charge is -2.06. The first-order valence-corrected chi connectivity index (χ1v) is 5.79. The van der Waals surface area contributed by atoms with Crippen LogP contribution in [0.3, 0.4) is 0 Å². The molecule has 0 atom stereocenters. The van der Waals surface area contributed by atoms with Crippen molar-refractivity contribution in [2.45, 2.75) is 32.4 Å². The SMILES string of the molecule is CCCCCO/N=[C]/c1cccc(C(F)(F)F)c1. The maximum absolute atomic E-state index is 12.4. The molecule has 0 aliphatic carbocycles. The molecular formula is C13H15F3NO. The van der Waals surface area contributed by atoms with Crippen LogP contribution in [-0.4, -0.2) is 12.8 Å². The van der Waals surface area contributed by atoms with E-state index < -0.39 is 11.7 Å². The van der Waals surface area contributed by atoms with Crippen molar-refractivity contribution in [1.82, 2.24) is 0 Å². The monoisotopic (exact) mass is 258 g/mol. The summed E-state index contributed by atoms with van der Waals surface area (Å²) in [6.45, 7) is 2.53. The maximum Gasteiger partial charge on any atom is 0.416 e. The summed E-state index contributed by atoms with van der Waals surface area (Å²) in [4.78, 5) is 4.90. The Morgan fingerprint density at radius 3 is 2.72 bits per heavy atom. The van der Waals surface area contributed by atoms with Crippen LogP contribution in [0.1, 0.15) is 37.3 Å². The summed E-state index contributed by atoms with van der Waals surface area (Å²) in [5, 5.41) is 3.52. The van der Waals surface area contributed by atoms with Gasteiger partial charge in [0.2, 0.25) is 0 Å². The number of rotatable bonds is 6. The molecule has 1 rings (SSSR count). The van der Waals surface area contributed by atoms with Crippen molar-refractivity contribution in [3.63, 3.8) is 0 Å². The van der Waals surface area contributed by atoms with Gasteiger partial charge in [-0.25, -0.2) is 0 Å². The van der Waals surface area contributed by atoms with Crippen LogP contribution >= 0.6 is 0 Å². The zero-order chi connectivity index (χ0) is 13.4. The Kier molecular flexibility index (Phi) is 5.68. The van der Waals surface area contributed by atoms with Crippen molar-refractivity contribution in [2.75, 3.05) is 6.61 Å². The number of hydrogen-bond acceptors (Lipinski definition) is 2. The van der Waals surface area contributed by atoms with Gasteiger partial charge in [0, 0.05) is 5.56 Å². The molecule has 1 aromatic rings. The predicted molar refractivity (Wildman–Crippen MR) is 63.5 cm³/mol. The highest BCUT2D eigenvalue weighted by Crippen LogP contribution is 2.29. The summed E-state index contributed by atoms with van der Waals surface area (Å²) < 4.78 is 37.2. The van der Waals surface area contributed by atoms with Crippen molar-refractivity contribution in [2.24, 2.45) is 5.16 Å². The molecule has 1 aromatic carbocycles. The Labute approximate surface area is 104 Å². The summed E-state index contributed by atoms with van der Waals surface area (Å²) >= 11 is 0. The second kappa shape index (κ2) is 7.03. The molecule has 0 heterocycles. The number of hydrogen-bond donors (Lipinski definition) is 0. The van der Waals surface area contributed by atoms with Crippen molar-refractivity contribution < 1.29 is 18.0 Å². The molecule has 0 saturated heterocycles. The van der Waals surface area contributed by atoms with Crippen molar-refractivity contribution in [3.8, 4) is 0 Å². The highest BCUT2D eigenvalue weighted by Gasteiger charge is 2.30. The van der Waals surface area contributed by atoms with E-state index in [1.54, 1.807) is 0 Å². The van der Waals surface area contributed by atoms with Gasteiger partial charge in [-0.1, -0.05) is 37.1 Å². The predicted octanol–water partition coefficient (Wildman–Crippen LogP) is 4.12. The maximum atomic E-state index is 12.4. The van der Waals surface area contributed by atoms with Gasteiger partial charge in [0.1, 0.15) is 12.8 Å². The van der Waals surface area contributed by atoms with Crippen LogP contribution in [0.15, 0.2) is 29.4 Å². The zero-order valence-electron chi connectivity index (χ0n) is 10.1. The van der Waals surface area contributed by atoms with Crippen LogP contribution in [0, 0.1) is 0 Å². The van der Waals surface area contributed by atoms with Gasteiger partial charge < -0.3 is 4.84 Å². The Morgan fingerprint density at radius 2 is 2.06 bits per heavy atom. The standard InChI is InChI=1S/C13H15F3NO/c1-2-3-4-8-18-17-10-11-6-5-7-12(9-11)13(14,15)16/h5-7,9H,2-4,8H2,1H3. The van der Waals surface area contributed by atoms with Gasteiger partial charge in [0.25, 0.3) is 0 Å². The average Bonchev–Trinajstić information content (AvgIpc) is 2.33. The fourth-order valence-electron chi connectivity index (χ4n) is 1.31. The molecule has 0 spiro atoms. The van der Waals surface area contributed by atoms with Gasteiger partial charge in [-0.15, -0.1) is 0 Å². The molecule has 5 heteroatoms. The number of alkyl halides is 3. The van der Waals surface area contributed by atoms with Crippen molar-refractivity contribution in [3.05, 3.63) is 35.4 Å². The van der Waals surface area contributed by atoms with Crippen LogP contribution in [-0.2, 0) is 11.0 Å². The van der Waals surface area contributed by atoms with E-state index in [0.717, 1.165) is 31.4 Å². The third-order valence-electron chi connectivity index (χ3n) is 2.27. The van der Waals surface area contributed by atoms with Gasteiger partial charge in [0.05, 0.1) is 5.56 Å². The lowest BCUT2D eigenvalue weighted by Crippen LogP contribution is -2.05. The largest absolute Gasteiger partial charge is 0.416 e. The molecule has 0 aliphatic rings. The fourth-order valence-corrected chi connectivity index (χ4v) is 1.31. The molecule has 0 amide bonds. The molecule has 1 radical (unpaired) electrons. The first kappa shape index (κ1) is 14.5. The topological polar surface area (TPSA) is 21.6 Å². The first-order valence-electron chi connectivity index (χ1n) is 5.79. The van der Waals surface area contributed by atoms with E-state index in [4.69, 9.17) is 4.84 Å². The van der Waals surface area contributed by atoms with Gasteiger partial charge in [-0.3, -0.25) is 0 Å². The van der Waals surface area contributed by atoms with E-state index in [9.17, 15) is 13.2 Å². The normalized spacial score (nSPS) is 12.0. The third kappa shape index (κ3) is 5.21. The summed E-state index contributed by atoms with van der Waals surface area (Å²) in [6, 6.07) is 4.80. The fraction of sp³-hybridized carbons (Fsp3) is 0.462. The van der Waals surface area contributed by atoms with Crippen LogP contribution in [0.5, 0.6) is 0 Å². The van der Waals surface area contributed by atoms with Crippen LogP contribution < -0.4 is 0 Å². The lowest BCUT2D eigenvalue weighted by molar-refractivity contribution is -0.137. The summed E-state index contributed by atoms with van der Waals surface area (Å²) in [5.74, 6) is 0. The van der Waals surface area contributed by atoms with E-state index >= 15 is 0 Å². The van der Waals surface area contributed by atoms with Crippen LogP contribution in [0.4, 0.5) is 13.2 Å². The van der Waals surface area contributed by atoms with Gasteiger partial charge in [0.15, 0.2) is 0 Å². The molecule has 0 N–H and O–H groups in total. The zero-order valence-corrected chi connectivity index (χ0v) is 10.1. The van der Waals surface area contributed by atoms with Crippen molar-refractivity contribution >= 4 is 6.21 Å². The quantitative estimate of drug-likeness (QED) is 0.427. The van der Waals surface area contributed by atoms with Gasteiger partial charge >= 0.3 is 6.18 Å². The number of benzene rings is 1. The molecule has 0 fully saturated rings. The van der Waals surface area contributed by atoms with Crippen LogP contribution in [0.25, 0.3) is 0 Å². The molecule has 0 aliphatic heterocycles. The first-order chi connectivity index (χ1) is 8.54. The molecule has 0 saturated carbocycles. The van der Waals surface area contributed by atoms with E-state index in [0.29, 0.717) is 6.61 Å². The summed E-state index contributed by atoms with van der Waals surface area (Å²) in [5.41, 5.74) is -0.464. The van der Waals surface area contributed by atoms with Crippen molar-refractivity contribution in [1.29, 1.82) is 0 Å². The molecule has 0 bridgehead atoms. The molecule has 99 valence electrons. The molecular weight excluding hydrogens is 243 g/mol.